The van der Waals surface area contributed by atoms with Crippen LogP contribution in [0, 0.1) is 11.3 Å². The summed E-state index contributed by atoms with van der Waals surface area (Å²) in [5.74, 6) is 1.45. The third-order valence-corrected chi connectivity index (χ3v) is 4.92. The van der Waals surface area contributed by atoms with Crippen LogP contribution in [0.1, 0.15) is 18.9 Å². The van der Waals surface area contributed by atoms with Gasteiger partial charge in [-0.15, -0.1) is 0 Å². The van der Waals surface area contributed by atoms with E-state index in [0.29, 0.717) is 30.0 Å². The van der Waals surface area contributed by atoms with Crippen LogP contribution in [0.25, 0.3) is 16.6 Å². The van der Waals surface area contributed by atoms with Gasteiger partial charge in [0.05, 0.1) is 36.1 Å². The molecule has 1 amide bonds. The zero-order valence-corrected chi connectivity index (χ0v) is 15.9. The third kappa shape index (κ3) is 3.65. The number of amides is 1. The minimum atomic E-state index is -1.01. The maximum atomic E-state index is 10.8. The van der Waals surface area contributed by atoms with Crippen molar-refractivity contribution in [1.29, 1.82) is 5.26 Å². The summed E-state index contributed by atoms with van der Waals surface area (Å²) in [5.41, 5.74) is 2.85. The van der Waals surface area contributed by atoms with Crippen LogP contribution in [0.15, 0.2) is 36.8 Å². The Kier molecular flexibility index (Phi) is 4.91. The summed E-state index contributed by atoms with van der Waals surface area (Å²) in [4.78, 5) is 17.4. The van der Waals surface area contributed by atoms with E-state index in [2.05, 4.69) is 26.4 Å². The Morgan fingerprint density at radius 3 is 3.00 bits per heavy atom. The molecule has 1 aliphatic heterocycles. The number of rotatable bonds is 5. The van der Waals surface area contributed by atoms with E-state index < -0.39 is 6.09 Å². The number of nitrogens with one attached hydrogen (secondary N) is 1. The van der Waals surface area contributed by atoms with Crippen LogP contribution in [-0.4, -0.2) is 51.5 Å². The van der Waals surface area contributed by atoms with Crippen molar-refractivity contribution in [2.75, 3.05) is 24.6 Å². The van der Waals surface area contributed by atoms with Gasteiger partial charge in [0.15, 0.2) is 0 Å². The molecule has 4 rings (SSSR count). The number of fused-ring (bicyclic) bond motifs is 1. The van der Waals surface area contributed by atoms with Crippen LogP contribution in [0.2, 0.25) is 0 Å². The summed E-state index contributed by atoms with van der Waals surface area (Å²) >= 11 is 0. The Balaban J connectivity index is 1.65. The topological polar surface area (TPSA) is 116 Å². The number of anilines is 1. The quantitative estimate of drug-likeness (QED) is 0.685. The minimum Gasteiger partial charge on any atom is -0.492 e. The maximum Gasteiger partial charge on any atom is 0.404 e. The van der Waals surface area contributed by atoms with Gasteiger partial charge in [-0.1, -0.05) is 0 Å². The molecule has 0 saturated carbocycles. The molecule has 0 spiro atoms. The minimum absolute atomic E-state index is 0.0959. The fraction of sp³-hybridized carbons (Fsp3) is 0.300. The Bertz CT molecular complexity index is 1090. The number of ether oxygens (including phenoxy) is 1. The molecule has 148 valence electrons. The highest BCUT2D eigenvalue weighted by Crippen LogP contribution is 2.31. The normalized spacial score (nSPS) is 16.0. The first kappa shape index (κ1) is 18.6. The molecule has 0 radical (unpaired) electrons. The summed E-state index contributed by atoms with van der Waals surface area (Å²) in [6, 6.07) is 7.83. The zero-order chi connectivity index (χ0) is 20.4. The van der Waals surface area contributed by atoms with E-state index in [0.717, 1.165) is 29.9 Å². The van der Waals surface area contributed by atoms with Crippen molar-refractivity contribution in [1.82, 2.24) is 19.9 Å². The Morgan fingerprint density at radius 1 is 1.45 bits per heavy atom. The van der Waals surface area contributed by atoms with E-state index in [1.807, 2.05) is 25.1 Å². The Morgan fingerprint density at radius 2 is 2.31 bits per heavy atom. The van der Waals surface area contributed by atoms with Gasteiger partial charge in [0.1, 0.15) is 17.6 Å². The first-order valence-electron chi connectivity index (χ1n) is 9.34. The summed E-state index contributed by atoms with van der Waals surface area (Å²) in [6.07, 6.45) is 4.79. The lowest BCUT2D eigenvalue weighted by atomic mass is 10.1. The molecule has 1 fully saturated rings. The van der Waals surface area contributed by atoms with Gasteiger partial charge in [0.2, 0.25) is 0 Å². The summed E-state index contributed by atoms with van der Waals surface area (Å²) in [5, 5.41) is 25.1. The number of hydrogen-bond acceptors (Lipinski definition) is 6. The fourth-order valence-corrected chi connectivity index (χ4v) is 3.64. The molecule has 0 bridgehead atoms. The van der Waals surface area contributed by atoms with Crippen molar-refractivity contribution in [3.05, 3.63) is 42.4 Å². The lowest BCUT2D eigenvalue weighted by Gasteiger charge is -2.18. The molecule has 9 nitrogen and oxygen atoms in total. The molecule has 3 aromatic heterocycles. The van der Waals surface area contributed by atoms with Crippen LogP contribution in [0.4, 0.5) is 10.6 Å². The SMILES string of the molecule is CCOc1cc(-c2ccc(N3CC[C@H](NC(=O)O)C3)nc2)c2c(C#N)cnn2c1. The highest BCUT2D eigenvalue weighted by atomic mass is 16.5. The van der Waals surface area contributed by atoms with E-state index >= 15 is 0 Å². The average molecular weight is 392 g/mol. The molecular formula is C20H20N6O3. The fourth-order valence-electron chi connectivity index (χ4n) is 3.64. The molecule has 1 aliphatic rings. The number of carboxylic acid groups (broad SMARTS) is 1. The van der Waals surface area contributed by atoms with Gasteiger partial charge in [-0.2, -0.15) is 10.4 Å². The maximum absolute atomic E-state index is 10.8. The first-order valence-corrected chi connectivity index (χ1v) is 9.34. The lowest BCUT2D eigenvalue weighted by Crippen LogP contribution is -2.36. The molecule has 1 saturated heterocycles. The molecule has 0 aromatic carbocycles. The number of carbonyl (C=O) groups is 1. The number of nitriles is 1. The van der Waals surface area contributed by atoms with Gasteiger partial charge in [-0.3, -0.25) is 0 Å². The largest absolute Gasteiger partial charge is 0.492 e. The van der Waals surface area contributed by atoms with Crippen LogP contribution in [0.5, 0.6) is 5.75 Å². The number of nitrogens with zero attached hydrogens (tertiary/aromatic N) is 5. The van der Waals surface area contributed by atoms with Gasteiger partial charge in [-0.05, 0) is 31.5 Å². The smallest absolute Gasteiger partial charge is 0.404 e. The standard InChI is InChI=1S/C20H20N6O3/c1-2-29-16-7-17(19-14(8-21)10-23-26(19)12-16)13-3-4-18(22-9-13)25-6-5-15(11-25)24-20(27)28/h3-4,7,9-10,12,15,24H,2,5-6,11H2,1H3,(H,27,28)/t15-/m0/s1. The molecule has 3 aromatic rings. The van der Waals surface area contributed by atoms with E-state index in [1.165, 1.54) is 6.20 Å². The van der Waals surface area contributed by atoms with Gasteiger partial charge in [0.25, 0.3) is 0 Å². The van der Waals surface area contributed by atoms with E-state index in [1.54, 1.807) is 16.9 Å². The highest BCUT2D eigenvalue weighted by molar-refractivity contribution is 5.85. The Hall–Kier alpha value is -3.80. The molecule has 1 atom stereocenters. The molecule has 0 unspecified atom stereocenters. The number of pyridine rings is 2. The van der Waals surface area contributed by atoms with Crippen molar-refractivity contribution in [3.8, 4) is 22.9 Å². The zero-order valence-electron chi connectivity index (χ0n) is 15.9. The molecule has 29 heavy (non-hydrogen) atoms. The molecule has 9 heteroatoms. The molecule has 0 aliphatic carbocycles. The van der Waals surface area contributed by atoms with Crippen molar-refractivity contribution in [2.24, 2.45) is 0 Å². The van der Waals surface area contributed by atoms with Crippen molar-refractivity contribution in [3.63, 3.8) is 0 Å². The molecular weight excluding hydrogens is 372 g/mol. The predicted molar refractivity (Wildman–Crippen MR) is 106 cm³/mol. The van der Waals surface area contributed by atoms with E-state index in [4.69, 9.17) is 9.84 Å². The van der Waals surface area contributed by atoms with Crippen molar-refractivity contribution >= 4 is 17.4 Å². The summed E-state index contributed by atoms with van der Waals surface area (Å²) in [6.45, 7) is 3.76. The van der Waals surface area contributed by atoms with E-state index in [-0.39, 0.29) is 6.04 Å². The second-order valence-electron chi connectivity index (χ2n) is 6.77. The summed E-state index contributed by atoms with van der Waals surface area (Å²) < 4.78 is 7.29. The lowest BCUT2D eigenvalue weighted by molar-refractivity contribution is 0.191. The monoisotopic (exact) mass is 392 g/mol. The van der Waals surface area contributed by atoms with E-state index in [9.17, 15) is 10.1 Å². The average Bonchev–Trinajstić information content (AvgIpc) is 3.34. The predicted octanol–water partition coefficient (Wildman–Crippen LogP) is 2.51. The first-order chi connectivity index (χ1) is 14.1. The second-order valence-corrected chi connectivity index (χ2v) is 6.77. The van der Waals surface area contributed by atoms with Gasteiger partial charge >= 0.3 is 6.09 Å². The van der Waals surface area contributed by atoms with Crippen LogP contribution < -0.4 is 15.0 Å². The van der Waals surface area contributed by atoms with Crippen LogP contribution in [-0.2, 0) is 0 Å². The Labute approximate surface area is 167 Å². The third-order valence-electron chi connectivity index (χ3n) is 4.92. The van der Waals surface area contributed by atoms with Crippen molar-refractivity contribution in [2.45, 2.75) is 19.4 Å². The second kappa shape index (κ2) is 7.67. The summed E-state index contributed by atoms with van der Waals surface area (Å²) in [7, 11) is 0. The van der Waals surface area contributed by atoms with Crippen LogP contribution >= 0.6 is 0 Å². The number of hydrogen-bond donors (Lipinski definition) is 2. The van der Waals surface area contributed by atoms with Crippen molar-refractivity contribution < 1.29 is 14.6 Å². The number of aromatic nitrogens is 3. The highest BCUT2D eigenvalue weighted by Gasteiger charge is 2.24. The molecule has 2 N–H and O–H groups in total. The van der Waals surface area contributed by atoms with Gasteiger partial charge in [-0.25, -0.2) is 14.3 Å². The molecule has 4 heterocycles. The van der Waals surface area contributed by atoms with Gasteiger partial charge in [0, 0.05) is 30.4 Å². The van der Waals surface area contributed by atoms with Crippen LogP contribution in [0.3, 0.4) is 0 Å². The van der Waals surface area contributed by atoms with Gasteiger partial charge < -0.3 is 20.1 Å².